The van der Waals surface area contributed by atoms with Crippen LogP contribution in [0.25, 0.3) is 16.6 Å². The second kappa shape index (κ2) is 9.67. The van der Waals surface area contributed by atoms with Crippen LogP contribution < -0.4 is 10.1 Å². The fraction of sp³-hybridized carbons (Fsp3) is 0.286. The highest BCUT2D eigenvalue weighted by atomic mass is 19.1. The summed E-state index contributed by atoms with van der Waals surface area (Å²) in [4.78, 5) is 12.8. The first-order valence-corrected chi connectivity index (χ1v) is 11.5. The maximum Gasteiger partial charge on any atom is 0.225 e. The Morgan fingerprint density at radius 3 is 2.41 bits per heavy atom. The molecule has 0 radical (unpaired) electrons. The fourth-order valence-electron chi connectivity index (χ4n) is 3.82. The molecule has 4 rings (SSSR count). The summed E-state index contributed by atoms with van der Waals surface area (Å²) in [6.07, 6.45) is 2.12. The number of nitrogens with one attached hydrogen (secondary N) is 1. The van der Waals surface area contributed by atoms with E-state index in [0.29, 0.717) is 12.2 Å². The average molecular weight is 460 g/mol. The molecule has 6 heteroatoms. The van der Waals surface area contributed by atoms with Crippen molar-refractivity contribution in [2.75, 3.05) is 0 Å². The van der Waals surface area contributed by atoms with Gasteiger partial charge < -0.3 is 10.1 Å². The van der Waals surface area contributed by atoms with Gasteiger partial charge in [0.2, 0.25) is 5.91 Å². The van der Waals surface area contributed by atoms with Crippen molar-refractivity contribution in [2.45, 2.75) is 46.3 Å². The minimum atomic E-state index is -0.498. The number of fused-ring (bicyclic) bond motifs is 1. The Kier molecular flexibility index (Phi) is 6.68. The van der Waals surface area contributed by atoms with Gasteiger partial charge in [-0.25, -0.2) is 9.07 Å². The van der Waals surface area contributed by atoms with Gasteiger partial charge in [0, 0.05) is 10.8 Å². The summed E-state index contributed by atoms with van der Waals surface area (Å²) in [5, 5.41) is 8.56. The topological polar surface area (TPSA) is 56.1 Å². The Hall–Kier alpha value is -3.67. The predicted molar refractivity (Wildman–Crippen MR) is 133 cm³/mol. The van der Waals surface area contributed by atoms with Gasteiger partial charge in [0.15, 0.2) is 0 Å². The van der Waals surface area contributed by atoms with Crippen molar-refractivity contribution >= 4 is 16.8 Å². The summed E-state index contributed by atoms with van der Waals surface area (Å²) < 4.78 is 21.6. The van der Waals surface area contributed by atoms with Crippen LogP contribution in [-0.4, -0.2) is 21.7 Å². The van der Waals surface area contributed by atoms with Gasteiger partial charge in [-0.3, -0.25) is 4.79 Å². The molecule has 3 aromatic carbocycles. The van der Waals surface area contributed by atoms with Crippen molar-refractivity contribution < 1.29 is 13.9 Å². The molecular weight excluding hydrogens is 429 g/mol. The van der Waals surface area contributed by atoms with Gasteiger partial charge in [-0.15, -0.1) is 0 Å². The third-order valence-electron chi connectivity index (χ3n) is 5.80. The van der Waals surface area contributed by atoms with E-state index in [4.69, 9.17) is 4.74 Å². The quantitative estimate of drug-likeness (QED) is 0.357. The van der Waals surface area contributed by atoms with Crippen molar-refractivity contribution in [1.82, 2.24) is 15.1 Å². The van der Waals surface area contributed by atoms with Crippen LogP contribution >= 0.6 is 0 Å². The minimum absolute atomic E-state index is 0.0140. The maximum absolute atomic E-state index is 13.3. The number of rotatable bonds is 7. The Bertz CT molecular complexity index is 1260. The van der Waals surface area contributed by atoms with Crippen LogP contribution in [0, 0.1) is 11.2 Å². The van der Waals surface area contributed by atoms with E-state index in [2.05, 4.69) is 10.4 Å². The zero-order chi connectivity index (χ0) is 24.3. The second-order valence-electron chi connectivity index (χ2n) is 9.44. The molecule has 2 atom stereocenters. The van der Waals surface area contributed by atoms with Gasteiger partial charge in [-0.05, 0) is 54.4 Å². The van der Waals surface area contributed by atoms with Crippen molar-refractivity contribution in [3.8, 4) is 11.4 Å². The average Bonchev–Trinajstić information content (AvgIpc) is 3.25. The van der Waals surface area contributed by atoms with Crippen LogP contribution in [0.4, 0.5) is 4.39 Å². The number of benzene rings is 3. The van der Waals surface area contributed by atoms with E-state index in [1.54, 1.807) is 23.0 Å². The van der Waals surface area contributed by atoms with Crippen LogP contribution in [0.5, 0.6) is 5.75 Å². The standard InChI is InChI=1S/C28H30FN3O2/c1-5-24(31-27(33)28(2,3)4)26(19-9-7-6-8-10-19)34-23-15-16-25-20(17-23)18-30-32(25)22-13-11-21(29)12-14-22/h6-18,24,26H,5H2,1-4H3,(H,31,33)/t24-,26-/m0/s1. The molecule has 0 saturated carbocycles. The first-order valence-electron chi connectivity index (χ1n) is 11.5. The van der Waals surface area contributed by atoms with Gasteiger partial charge in [0.1, 0.15) is 17.7 Å². The lowest BCUT2D eigenvalue weighted by atomic mass is 9.93. The maximum atomic E-state index is 13.3. The number of hydrogen-bond acceptors (Lipinski definition) is 3. The van der Waals surface area contributed by atoms with Crippen LogP contribution in [-0.2, 0) is 4.79 Å². The zero-order valence-electron chi connectivity index (χ0n) is 20.0. The highest BCUT2D eigenvalue weighted by Crippen LogP contribution is 2.30. The van der Waals surface area contributed by atoms with Crippen LogP contribution in [0.2, 0.25) is 0 Å². The fourth-order valence-corrected chi connectivity index (χ4v) is 3.82. The third-order valence-corrected chi connectivity index (χ3v) is 5.80. The Labute approximate surface area is 199 Å². The molecule has 0 bridgehead atoms. The SMILES string of the molecule is CC[C@H](NC(=O)C(C)(C)C)[C@@H](Oc1ccc2c(cnn2-c2ccc(F)cc2)c1)c1ccccc1. The summed E-state index contributed by atoms with van der Waals surface area (Å²) in [5.74, 6) is 0.384. The number of nitrogens with zero attached hydrogens (tertiary/aromatic N) is 2. The molecule has 1 heterocycles. The molecule has 5 nitrogen and oxygen atoms in total. The van der Waals surface area contributed by atoms with E-state index in [-0.39, 0.29) is 23.9 Å². The minimum Gasteiger partial charge on any atom is -0.484 e. The van der Waals surface area contributed by atoms with E-state index >= 15 is 0 Å². The summed E-state index contributed by atoms with van der Waals surface area (Å²) in [6.45, 7) is 7.75. The van der Waals surface area contributed by atoms with E-state index in [0.717, 1.165) is 22.2 Å². The Balaban J connectivity index is 1.65. The molecule has 0 aliphatic rings. The molecule has 0 saturated heterocycles. The number of aromatic nitrogens is 2. The van der Waals surface area contributed by atoms with Crippen LogP contribution in [0.3, 0.4) is 0 Å². The molecule has 1 aromatic heterocycles. The Morgan fingerprint density at radius 2 is 1.76 bits per heavy atom. The van der Waals surface area contributed by atoms with E-state index in [1.807, 2.05) is 76.2 Å². The molecule has 1 amide bonds. The highest BCUT2D eigenvalue weighted by Gasteiger charge is 2.30. The van der Waals surface area contributed by atoms with Crippen molar-refractivity contribution in [2.24, 2.45) is 5.41 Å². The number of halogens is 1. The van der Waals surface area contributed by atoms with E-state index in [1.165, 1.54) is 12.1 Å². The van der Waals surface area contributed by atoms with Gasteiger partial charge in [0.25, 0.3) is 0 Å². The summed E-state index contributed by atoms with van der Waals surface area (Å²) >= 11 is 0. The number of carbonyl (C=O) groups is 1. The molecule has 0 unspecified atom stereocenters. The normalized spacial score (nSPS) is 13.4. The summed E-state index contributed by atoms with van der Waals surface area (Å²) in [6, 6.07) is 21.7. The molecule has 0 spiro atoms. The molecule has 176 valence electrons. The lowest BCUT2D eigenvalue weighted by Gasteiger charge is -2.31. The monoisotopic (exact) mass is 459 g/mol. The number of amides is 1. The zero-order valence-corrected chi connectivity index (χ0v) is 20.0. The molecule has 34 heavy (non-hydrogen) atoms. The van der Waals surface area contributed by atoms with E-state index in [9.17, 15) is 9.18 Å². The van der Waals surface area contributed by atoms with Gasteiger partial charge in [0.05, 0.1) is 23.4 Å². The lowest BCUT2D eigenvalue weighted by molar-refractivity contribution is -0.130. The third kappa shape index (κ3) is 5.11. The second-order valence-corrected chi connectivity index (χ2v) is 9.44. The summed E-state index contributed by atoms with van der Waals surface area (Å²) in [5.41, 5.74) is 2.17. The molecule has 1 N–H and O–H groups in total. The predicted octanol–water partition coefficient (Wildman–Crippen LogP) is 6.23. The van der Waals surface area contributed by atoms with Crippen molar-refractivity contribution in [3.63, 3.8) is 0 Å². The molecule has 4 aromatic rings. The molecule has 0 fully saturated rings. The number of carbonyl (C=O) groups excluding carboxylic acids is 1. The van der Waals surface area contributed by atoms with Gasteiger partial charge in [-0.2, -0.15) is 5.10 Å². The highest BCUT2D eigenvalue weighted by molar-refractivity contribution is 5.82. The van der Waals surface area contributed by atoms with Crippen LogP contribution in [0.1, 0.15) is 45.8 Å². The first kappa shape index (κ1) is 23.5. The van der Waals surface area contributed by atoms with Crippen molar-refractivity contribution in [3.05, 3.63) is 90.4 Å². The van der Waals surface area contributed by atoms with Crippen LogP contribution in [0.15, 0.2) is 79.0 Å². The van der Waals surface area contributed by atoms with Crippen molar-refractivity contribution in [1.29, 1.82) is 0 Å². The number of hydrogen-bond donors (Lipinski definition) is 1. The Morgan fingerprint density at radius 1 is 1.06 bits per heavy atom. The summed E-state index contributed by atoms with van der Waals surface area (Å²) in [7, 11) is 0. The van der Waals surface area contributed by atoms with E-state index < -0.39 is 5.41 Å². The largest absolute Gasteiger partial charge is 0.484 e. The molecule has 0 aliphatic carbocycles. The lowest BCUT2D eigenvalue weighted by Crippen LogP contribution is -2.45. The van der Waals surface area contributed by atoms with Gasteiger partial charge in [-0.1, -0.05) is 58.0 Å². The molecule has 0 aliphatic heterocycles. The molecular formula is C28H30FN3O2. The van der Waals surface area contributed by atoms with Gasteiger partial charge >= 0.3 is 0 Å². The number of ether oxygens (including phenoxy) is 1. The first-order chi connectivity index (χ1) is 16.3. The smallest absolute Gasteiger partial charge is 0.225 e.